The summed E-state index contributed by atoms with van der Waals surface area (Å²) in [6, 6.07) is 17.7. The smallest absolute Gasteiger partial charge is 0.255 e. The summed E-state index contributed by atoms with van der Waals surface area (Å²) < 4.78 is 10.6. The maximum absolute atomic E-state index is 12.8. The van der Waals surface area contributed by atoms with E-state index in [4.69, 9.17) is 21.1 Å². The zero-order valence-corrected chi connectivity index (χ0v) is 16.5. The van der Waals surface area contributed by atoms with Gasteiger partial charge in [0, 0.05) is 23.8 Å². The number of nitrogens with one attached hydrogen (secondary N) is 1. The van der Waals surface area contributed by atoms with Gasteiger partial charge in [-0.05, 0) is 35.4 Å². The summed E-state index contributed by atoms with van der Waals surface area (Å²) in [5.74, 6) is -0.0452. The molecule has 5 nitrogen and oxygen atoms in total. The summed E-state index contributed by atoms with van der Waals surface area (Å²) in [4.78, 5) is 25.5. The van der Waals surface area contributed by atoms with E-state index >= 15 is 0 Å². The van der Waals surface area contributed by atoms with E-state index in [-0.39, 0.29) is 11.7 Å². The first-order chi connectivity index (χ1) is 14.1. The number of halogens is 1. The Morgan fingerprint density at radius 3 is 2.48 bits per heavy atom. The predicted molar refractivity (Wildman–Crippen MR) is 112 cm³/mol. The predicted octanol–water partition coefficient (Wildman–Crippen LogP) is 4.83. The van der Waals surface area contributed by atoms with Crippen molar-refractivity contribution in [3.05, 3.63) is 82.4 Å². The number of hydrogen-bond donors (Lipinski definition) is 1. The SMILES string of the molecule is COCCOc1c(Cl)cccc1NC(=O)c1ccc2c(c1)C(=O)c1ccccc1-2. The maximum Gasteiger partial charge on any atom is 0.255 e. The van der Waals surface area contributed by atoms with Gasteiger partial charge in [0.15, 0.2) is 11.5 Å². The molecule has 0 unspecified atom stereocenters. The van der Waals surface area contributed by atoms with Gasteiger partial charge >= 0.3 is 0 Å². The first-order valence-corrected chi connectivity index (χ1v) is 9.47. The lowest BCUT2D eigenvalue weighted by Crippen LogP contribution is -2.14. The molecular weight excluding hydrogens is 390 g/mol. The number of ether oxygens (including phenoxy) is 2. The highest BCUT2D eigenvalue weighted by Gasteiger charge is 2.27. The second kappa shape index (κ2) is 8.07. The monoisotopic (exact) mass is 407 g/mol. The van der Waals surface area contributed by atoms with Crippen LogP contribution in [-0.2, 0) is 4.74 Å². The number of benzene rings is 3. The highest BCUT2D eigenvalue weighted by atomic mass is 35.5. The van der Waals surface area contributed by atoms with E-state index in [1.54, 1.807) is 43.5 Å². The molecule has 0 bridgehead atoms. The number of rotatable bonds is 6. The fraction of sp³-hybridized carbons (Fsp3) is 0.130. The van der Waals surface area contributed by atoms with Gasteiger partial charge in [-0.3, -0.25) is 9.59 Å². The number of hydrogen-bond acceptors (Lipinski definition) is 4. The largest absolute Gasteiger partial charge is 0.487 e. The normalized spacial score (nSPS) is 11.7. The Balaban J connectivity index is 1.60. The van der Waals surface area contributed by atoms with Crippen molar-refractivity contribution in [1.29, 1.82) is 0 Å². The van der Waals surface area contributed by atoms with Crippen molar-refractivity contribution in [2.45, 2.75) is 0 Å². The first-order valence-electron chi connectivity index (χ1n) is 9.10. The zero-order chi connectivity index (χ0) is 20.4. The Morgan fingerprint density at radius 1 is 0.931 bits per heavy atom. The van der Waals surface area contributed by atoms with Gasteiger partial charge in [-0.1, -0.05) is 48.0 Å². The molecule has 1 N–H and O–H groups in total. The van der Waals surface area contributed by atoms with Crippen molar-refractivity contribution in [2.24, 2.45) is 0 Å². The van der Waals surface area contributed by atoms with Gasteiger partial charge in [-0.25, -0.2) is 0 Å². The lowest BCUT2D eigenvalue weighted by atomic mass is 10.0. The highest BCUT2D eigenvalue weighted by Crippen LogP contribution is 2.37. The van der Waals surface area contributed by atoms with E-state index in [9.17, 15) is 9.59 Å². The molecule has 1 aliphatic rings. The third-order valence-corrected chi connectivity index (χ3v) is 5.03. The minimum Gasteiger partial charge on any atom is -0.487 e. The van der Waals surface area contributed by atoms with E-state index in [0.717, 1.165) is 11.1 Å². The molecule has 1 amide bonds. The number of ketones is 1. The van der Waals surface area contributed by atoms with Crippen LogP contribution in [0.2, 0.25) is 5.02 Å². The molecule has 3 aromatic rings. The van der Waals surface area contributed by atoms with Crippen LogP contribution in [0.3, 0.4) is 0 Å². The Bertz CT molecular complexity index is 1110. The third kappa shape index (κ3) is 3.62. The van der Waals surface area contributed by atoms with Crippen molar-refractivity contribution in [3.63, 3.8) is 0 Å². The first kappa shape index (κ1) is 19.2. The summed E-state index contributed by atoms with van der Waals surface area (Å²) in [6.07, 6.45) is 0. The van der Waals surface area contributed by atoms with Crippen LogP contribution in [0.25, 0.3) is 11.1 Å². The number of carbonyl (C=O) groups excluding carboxylic acids is 2. The summed E-state index contributed by atoms with van der Waals surface area (Å²) in [5, 5.41) is 3.21. The standard InChI is InChI=1S/C23H18ClNO4/c1-28-11-12-29-22-19(24)7-4-8-20(22)25-23(27)14-9-10-16-15-5-2-3-6-17(15)21(26)18(16)13-14/h2-10,13H,11-12H2,1H3,(H,25,27). The molecule has 29 heavy (non-hydrogen) atoms. The van der Waals surface area contributed by atoms with E-state index < -0.39 is 0 Å². The maximum atomic E-state index is 12.8. The van der Waals surface area contributed by atoms with Gasteiger partial charge in [-0.15, -0.1) is 0 Å². The highest BCUT2D eigenvalue weighted by molar-refractivity contribution is 6.32. The molecule has 6 heteroatoms. The fourth-order valence-electron chi connectivity index (χ4n) is 3.34. The van der Waals surface area contributed by atoms with E-state index in [0.29, 0.717) is 46.4 Å². The molecule has 146 valence electrons. The molecule has 0 spiro atoms. The van der Waals surface area contributed by atoms with Crippen LogP contribution in [0.1, 0.15) is 26.3 Å². The molecule has 0 aliphatic heterocycles. The molecule has 0 fully saturated rings. The van der Waals surface area contributed by atoms with Gasteiger partial charge in [0.25, 0.3) is 5.91 Å². The molecule has 0 saturated carbocycles. The van der Waals surface area contributed by atoms with Gasteiger partial charge in [-0.2, -0.15) is 0 Å². The van der Waals surface area contributed by atoms with Gasteiger partial charge < -0.3 is 14.8 Å². The van der Waals surface area contributed by atoms with Crippen LogP contribution in [0.4, 0.5) is 5.69 Å². The second-order valence-electron chi connectivity index (χ2n) is 6.55. The zero-order valence-electron chi connectivity index (χ0n) is 15.7. The summed E-state index contributed by atoms with van der Waals surface area (Å²) >= 11 is 6.22. The van der Waals surface area contributed by atoms with Crippen LogP contribution in [-0.4, -0.2) is 32.0 Å². The van der Waals surface area contributed by atoms with E-state index in [1.807, 2.05) is 24.3 Å². The summed E-state index contributed by atoms with van der Waals surface area (Å²) in [6.45, 7) is 0.695. The molecule has 0 saturated heterocycles. The minimum atomic E-state index is -0.351. The Labute approximate surface area is 173 Å². The molecule has 1 aliphatic carbocycles. The van der Waals surface area contributed by atoms with Gasteiger partial charge in [0.1, 0.15) is 6.61 Å². The van der Waals surface area contributed by atoms with Crippen molar-refractivity contribution < 1.29 is 19.1 Å². The number of fused-ring (bicyclic) bond motifs is 3. The Kier molecular flexibility index (Phi) is 5.34. The topological polar surface area (TPSA) is 64.6 Å². The lowest BCUT2D eigenvalue weighted by Gasteiger charge is -2.14. The molecule has 4 rings (SSSR count). The molecule has 0 radical (unpaired) electrons. The Morgan fingerprint density at radius 2 is 1.69 bits per heavy atom. The van der Waals surface area contributed by atoms with Crippen LogP contribution in [0.15, 0.2) is 60.7 Å². The van der Waals surface area contributed by atoms with Crippen molar-refractivity contribution in [2.75, 3.05) is 25.6 Å². The van der Waals surface area contributed by atoms with Crippen molar-refractivity contribution >= 4 is 29.0 Å². The second-order valence-corrected chi connectivity index (χ2v) is 6.95. The average Bonchev–Trinajstić information content (AvgIpc) is 3.02. The van der Waals surface area contributed by atoms with Crippen LogP contribution >= 0.6 is 11.6 Å². The average molecular weight is 408 g/mol. The minimum absolute atomic E-state index is 0.0726. The number of methoxy groups -OCH3 is 1. The fourth-order valence-corrected chi connectivity index (χ4v) is 3.57. The quantitative estimate of drug-likeness (QED) is 0.465. The molecule has 3 aromatic carbocycles. The number of amides is 1. The van der Waals surface area contributed by atoms with Crippen molar-refractivity contribution in [1.82, 2.24) is 0 Å². The van der Waals surface area contributed by atoms with E-state index in [1.165, 1.54) is 0 Å². The number of para-hydroxylation sites is 1. The van der Waals surface area contributed by atoms with Crippen LogP contribution < -0.4 is 10.1 Å². The van der Waals surface area contributed by atoms with E-state index in [2.05, 4.69) is 5.32 Å². The number of anilines is 1. The summed E-state index contributed by atoms with van der Waals surface area (Å²) in [7, 11) is 1.58. The summed E-state index contributed by atoms with van der Waals surface area (Å²) in [5.41, 5.74) is 3.75. The lowest BCUT2D eigenvalue weighted by molar-refractivity contribution is 0.102. The van der Waals surface area contributed by atoms with Gasteiger partial charge in [0.2, 0.25) is 0 Å². The van der Waals surface area contributed by atoms with Crippen LogP contribution in [0.5, 0.6) is 5.75 Å². The van der Waals surface area contributed by atoms with Gasteiger partial charge in [0.05, 0.1) is 17.3 Å². The number of carbonyl (C=O) groups is 2. The molecule has 0 atom stereocenters. The molecule has 0 aromatic heterocycles. The molecular formula is C23H18ClNO4. The van der Waals surface area contributed by atoms with Crippen molar-refractivity contribution in [3.8, 4) is 16.9 Å². The van der Waals surface area contributed by atoms with Crippen LogP contribution in [0, 0.1) is 0 Å². The molecule has 0 heterocycles. The third-order valence-electron chi connectivity index (χ3n) is 4.74. The Hall–Kier alpha value is -3.15.